The molecule has 0 spiro atoms. The molecule has 0 amide bonds. The van der Waals surface area contributed by atoms with Gasteiger partial charge >= 0.3 is 5.97 Å². The third-order valence-corrected chi connectivity index (χ3v) is 1.39. The molecule has 1 unspecified atom stereocenters. The Morgan fingerprint density at radius 2 is 2.08 bits per heavy atom. The molecule has 0 rings (SSSR count). The summed E-state index contributed by atoms with van der Waals surface area (Å²) >= 11 is 0. The second-order valence-electron chi connectivity index (χ2n) is 2.62. The summed E-state index contributed by atoms with van der Waals surface area (Å²) in [5.41, 5.74) is 5.20. The van der Waals surface area contributed by atoms with Crippen molar-refractivity contribution in [1.82, 2.24) is 0 Å². The van der Waals surface area contributed by atoms with Crippen LogP contribution in [0.3, 0.4) is 0 Å². The van der Waals surface area contributed by atoms with Gasteiger partial charge in [-0.15, -0.1) is 0 Å². The highest BCUT2D eigenvalue weighted by atomic mass is 16.6. The first kappa shape index (κ1) is 11.1. The summed E-state index contributed by atoms with van der Waals surface area (Å²) in [7, 11) is 0. The highest BCUT2D eigenvalue weighted by molar-refractivity contribution is 5.82. The van der Waals surface area contributed by atoms with Crippen molar-refractivity contribution in [2.75, 3.05) is 0 Å². The van der Waals surface area contributed by atoms with Crippen LogP contribution in [0.5, 0.6) is 0 Å². The number of hydrogen-bond acceptors (Lipinski definition) is 4. The molecule has 0 aliphatic heterocycles. The molecular weight excluding hydrogens is 158 g/mol. The average Bonchev–Trinajstić information content (AvgIpc) is 2.00. The molecule has 0 radical (unpaired) electrons. The van der Waals surface area contributed by atoms with E-state index in [0.29, 0.717) is 6.42 Å². The van der Waals surface area contributed by atoms with E-state index < -0.39 is 12.2 Å². The van der Waals surface area contributed by atoms with Gasteiger partial charge in [0.2, 0.25) is 6.23 Å². The van der Waals surface area contributed by atoms with Crippen molar-refractivity contribution >= 4 is 11.8 Å². The number of esters is 1. The van der Waals surface area contributed by atoms with Crippen molar-refractivity contribution in [2.24, 2.45) is 5.73 Å². The van der Waals surface area contributed by atoms with Crippen molar-refractivity contribution in [3.05, 3.63) is 0 Å². The predicted molar refractivity (Wildman–Crippen MR) is 44.3 cm³/mol. The monoisotopic (exact) mass is 173 g/mol. The molecular formula is C8H15NO3. The van der Waals surface area contributed by atoms with Gasteiger partial charge in [0.25, 0.3) is 0 Å². The summed E-state index contributed by atoms with van der Waals surface area (Å²) in [4.78, 5) is 21.4. The standard InChI is InChI=1S/C8H15NO3/c1-3-4-5-7(11)12-8(9)6(2)10/h8H,3-5,9H2,1-2H3. The SMILES string of the molecule is CCCCC(=O)OC(N)C(C)=O. The third-order valence-electron chi connectivity index (χ3n) is 1.39. The molecule has 1 atom stereocenters. The van der Waals surface area contributed by atoms with Gasteiger partial charge in [0.15, 0.2) is 5.78 Å². The van der Waals surface area contributed by atoms with E-state index in [1.54, 1.807) is 0 Å². The topological polar surface area (TPSA) is 69.4 Å². The van der Waals surface area contributed by atoms with Crippen molar-refractivity contribution < 1.29 is 14.3 Å². The number of nitrogens with two attached hydrogens (primary N) is 1. The maximum Gasteiger partial charge on any atom is 0.307 e. The summed E-state index contributed by atoms with van der Waals surface area (Å²) in [6.45, 7) is 3.26. The molecule has 4 nitrogen and oxygen atoms in total. The smallest absolute Gasteiger partial charge is 0.307 e. The molecule has 0 fully saturated rings. The Morgan fingerprint density at radius 3 is 2.50 bits per heavy atom. The number of carbonyl (C=O) groups is 2. The van der Waals surface area contributed by atoms with Crippen molar-refractivity contribution in [1.29, 1.82) is 0 Å². The van der Waals surface area contributed by atoms with E-state index in [-0.39, 0.29) is 5.78 Å². The van der Waals surface area contributed by atoms with Gasteiger partial charge in [-0.1, -0.05) is 13.3 Å². The van der Waals surface area contributed by atoms with Gasteiger partial charge in [-0.3, -0.25) is 15.3 Å². The molecule has 0 saturated heterocycles. The van der Waals surface area contributed by atoms with E-state index in [2.05, 4.69) is 4.74 Å². The average molecular weight is 173 g/mol. The van der Waals surface area contributed by atoms with Gasteiger partial charge in [0.05, 0.1) is 0 Å². The first-order valence-corrected chi connectivity index (χ1v) is 4.03. The van der Waals surface area contributed by atoms with E-state index >= 15 is 0 Å². The Balaban J connectivity index is 3.61. The lowest BCUT2D eigenvalue weighted by Gasteiger charge is -2.08. The predicted octanol–water partition coefficient (Wildman–Crippen LogP) is 0.594. The highest BCUT2D eigenvalue weighted by Crippen LogP contribution is 1.98. The minimum absolute atomic E-state index is 0.331. The highest BCUT2D eigenvalue weighted by Gasteiger charge is 2.12. The summed E-state index contributed by atoms with van der Waals surface area (Å²) < 4.78 is 4.60. The van der Waals surface area contributed by atoms with Crippen LogP contribution in [0, 0.1) is 0 Å². The number of hydrogen-bond donors (Lipinski definition) is 1. The van der Waals surface area contributed by atoms with Crippen LogP contribution in [0.15, 0.2) is 0 Å². The largest absolute Gasteiger partial charge is 0.439 e. The fraction of sp³-hybridized carbons (Fsp3) is 0.750. The van der Waals surface area contributed by atoms with Crippen molar-refractivity contribution in [3.63, 3.8) is 0 Å². The maximum atomic E-state index is 10.9. The summed E-state index contributed by atoms with van der Waals surface area (Å²) in [6.07, 6.45) is 0.931. The van der Waals surface area contributed by atoms with E-state index in [4.69, 9.17) is 5.73 Å². The van der Waals surface area contributed by atoms with Gasteiger partial charge in [-0.25, -0.2) is 0 Å². The Labute approximate surface area is 72.1 Å². The molecule has 0 bridgehead atoms. The molecule has 0 aromatic heterocycles. The molecule has 0 aromatic rings. The van der Waals surface area contributed by atoms with Gasteiger partial charge in [0, 0.05) is 6.42 Å². The molecule has 0 aliphatic rings. The molecule has 0 saturated carbocycles. The van der Waals surface area contributed by atoms with Crippen LogP contribution in [-0.4, -0.2) is 18.0 Å². The van der Waals surface area contributed by atoms with Crippen LogP contribution in [0.4, 0.5) is 0 Å². The zero-order valence-electron chi connectivity index (χ0n) is 7.50. The van der Waals surface area contributed by atoms with Gasteiger partial charge in [0.1, 0.15) is 0 Å². The Bertz CT molecular complexity index is 168. The molecule has 4 heteroatoms. The number of ketones is 1. The van der Waals surface area contributed by atoms with Gasteiger partial charge in [-0.2, -0.15) is 0 Å². The number of unbranched alkanes of at least 4 members (excludes halogenated alkanes) is 1. The van der Waals surface area contributed by atoms with E-state index in [0.717, 1.165) is 12.8 Å². The first-order chi connectivity index (χ1) is 5.57. The zero-order valence-corrected chi connectivity index (χ0v) is 7.50. The number of ether oxygens (including phenoxy) is 1. The Kier molecular flexibility index (Phi) is 5.28. The van der Waals surface area contributed by atoms with Crippen LogP contribution in [0.1, 0.15) is 33.1 Å². The fourth-order valence-corrected chi connectivity index (χ4v) is 0.605. The Morgan fingerprint density at radius 1 is 1.50 bits per heavy atom. The zero-order chi connectivity index (χ0) is 9.56. The lowest BCUT2D eigenvalue weighted by atomic mass is 10.2. The van der Waals surface area contributed by atoms with E-state index in [1.807, 2.05) is 6.92 Å². The molecule has 0 aliphatic carbocycles. The van der Waals surface area contributed by atoms with Crippen LogP contribution in [0.2, 0.25) is 0 Å². The Hall–Kier alpha value is -0.900. The van der Waals surface area contributed by atoms with E-state index in [9.17, 15) is 9.59 Å². The molecule has 0 aromatic carbocycles. The minimum atomic E-state index is -1.09. The van der Waals surface area contributed by atoms with E-state index in [1.165, 1.54) is 6.92 Å². The first-order valence-electron chi connectivity index (χ1n) is 4.03. The van der Waals surface area contributed by atoms with Crippen LogP contribution in [0.25, 0.3) is 0 Å². The molecule has 12 heavy (non-hydrogen) atoms. The third kappa shape index (κ3) is 4.85. The van der Waals surface area contributed by atoms with Gasteiger partial charge in [-0.05, 0) is 13.3 Å². The number of rotatable bonds is 5. The normalized spacial score (nSPS) is 12.2. The summed E-state index contributed by atoms with van der Waals surface area (Å²) in [5.74, 6) is -0.737. The molecule has 0 heterocycles. The maximum absolute atomic E-state index is 10.9. The van der Waals surface area contributed by atoms with Crippen LogP contribution < -0.4 is 5.73 Å². The molecule has 70 valence electrons. The molecule has 2 N–H and O–H groups in total. The minimum Gasteiger partial charge on any atom is -0.439 e. The van der Waals surface area contributed by atoms with Crippen molar-refractivity contribution in [3.8, 4) is 0 Å². The lowest BCUT2D eigenvalue weighted by molar-refractivity contribution is -0.154. The number of Topliss-reactive ketones (excluding diaryl/α,β-unsaturated/α-hetero) is 1. The summed E-state index contributed by atoms with van der Waals surface area (Å²) in [6, 6.07) is 0. The van der Waals surface area contributed by atoms with Crippen LogP contribution >= 0.6 is 0 Å². The lowest BCUT2D eigenvalue weighted by Crippen LogP contribution is -2.33. The van der Waals surface area contributed by atoms with Crippen LogP contribution in [-0.2, 0) is 14.3 Å². The fourth-order valence-electron chi connectivity index (χ4n) is 0.605. The number of carbonyl (C=O) groups excluding carboxylic acids is 2. The van der Waals surface area contributed by atoms with Gasteiger partial charge < -0.3 is 4.74 Å². The quantitative estimate of drug-likeness (QED) is 0.488. The second kappa shape index (κ2) is 5.71. The second-order valence-corrected chi connectivity index (χ2v) is 2.62. The van der Waals surface area contributed by atoms with Crippen molar-refractivity contribution in [2.45, 2.75) is 39.3 Å². The summed E-state index contributed by atoms with van der Waals surface area (Å²) in [5, 5.41) is 0.